The topological polar surface area (TPSA) is 47.7 Å². The molecule has 0 atom stereocenters. The number of fused-ring (bicyclic) bond motifs is 9. The van der Waals surface area contributed by atoms with Crippen molar-refractivity contribution in [2.45, 2.75) is 24.7 Å². The summed E-state index contributed by atoms with van der Waals surface area (Å²) in [5.41, 5.74) is 14.7. The maximum absolute atomic E-state index is 8.80. The Hall–Kier alpha value is -5.60. The van der Waals surface area contributed by atoms with Gasteiger partial charge in [-0.1, -0.05) is 147 Å². The molecule has 6 aromatic carbocycles. The first kappa shape index (κ1) is 27.9. The number of hydrogen-bond acceptors (Lipinski definition) is 2. The third kappa shape index (κ3) is 4.03. The molecule has 0 aliphatic heterocycles. The molecule has 0 unspecified atom stereocenters. The van der Waals surface area contributed by atoms with E-state index in [1.807, 2.05) is 42.5 Å². The van der Waals surface area contributed by atoms with Gasteiger partial charge in [0.2, 0.25) is 0 Å². The van der Waals surface area contributed by atoms with Crippen molar-refractivity contribution >= 4 is 11.4 Å². The first-order chi connectivity index (χ1) is 22.4. The minimum atomic E-state index is -0.398. The second-order valence-corrected chi connectivity index (χ2v) is 12.9. The van der Waals surface area contributed by atoms with E-state index in [0.717, 1.165) is 22.3 Å². The van der Waals surface area contributed by atoms with Crippen LogP contribution in [-0.4, -0.2) is 11.4 Å². The van der Waals surface area contributed by atoms with Gasteiger partial charge in [0.15, 0.2) is 0 Å². The maximum Gasteiger partial charge on any atom is 0.0719 e. The van der Waals surface area contributed by atoms with Crippen LogP contribution in [0.25, 0.3) is 22.3 Å². The first-order valence-electron chi connectivity index (χ1n) is 15.9. The molecule has 220 valence electrons. The van der Waals surface area contributed by atoms with Gasteiger partial charge in [0.1, 0.15) is 0 Å². The van der Waals surface area contributed by atoms with Crippen molar-refractivity contribution in [1.29, 1.82) is 10.8 Å². The lowest BCUT2D eigenvalue weighted by Gasteiger charge is -2.46. The molecule has 0 saturated heterocycles. The molecule has 0 aromatic heterocycles. The lowest BCUT2D eigenvalue weighted by molar-refractivity contribution is 0.563. The summed E-state index contributed by atoms with van der Waals surface area (Å²) < 4.78 is 0. The number of benzene rings is 6. The van der Waals surface area contributed by atoms with Crippen molar-refractivity contribution in [2.24, 2.45) is 0 Å². The highest BCUT2D eigenvalue weighted by atomic mass is 14.5. The van der Waals surface area contributed by atoms with Gasteiger partial charge in [-0.3, -0.25) is 0 Å². The van der Waals surface area contributed by atoms with Gasteiger partial charge in [0.05, 0.1) is 16.8 Å². The van der Waals surface area contributed by atoms with Crippen LogP contribution in [0.1, 0.15) is 58.4 Å². The van der Waals surface area contributed by atoms with Crippen LogP contribution in [0.4, 0.5) is 0 Å². The maximum atomic E-state index is 8.80. The highest BCUT2D eigenvalue weighted by Crippen LogP contribution is 2.62. The molecule has 0 saturated carbocycles. The molecule has 2 aliphatic carbocycles. The Balaban J connectivity index is 1.26. The zero-order valence-electron chi connectivity index (χ0n) is 26.0. The summed E-state index contributed by atoms with van der Waals surface area (Å²) in [7, 11) is 0. The van der Waals surface area contributed by atoms with Crippen molar-refractivity contribution in [1.82, 2.24) is 0 Å². The van der Waals surface area contributed by atoms with E-state index in [1.54, 1.807) is 12.2 Å². The van der Waals surface area contributed by atoms with Crippen LogP contribution in [0.5, 0.6) is 0 Å². The molecule has 0 heterocycles. The van der Waals surface area contributed by atoms with Crippen LogP contribution in [0.15, 0.2) is 158 Å². The Morgan fingerprint density at radius 2 is 0.935 bits per heavy atom. The van der Waals surface area contributed by atoms with E-state index in [1.165, 1.54) is 44.5 Å². The fourth-order valence-corrected chi connectivity index (χ4v) is 7.87. The largest absolute Gasteiger partial charge is 0.300 e. The molecule has 2 nitrogen and oxygen atoms in total. The van der Waals surface area contributed by atoms with E-state index in [0.29, 0.717) is 11.4 Å². The van der Waals surface area contributed by atoms with Gasteiger partial charge in [-0.15, -0.1) is 0 Å². The van der Waals surface area contributed by atoms with Gasteiger partial charge in [-0.25, -0.2) is 0 Å². The minimum absolute atomic E-state index is 0.218. The van der Waals surface area contributed by atoms with Gasteiger partial charge < -0.3 is 10.8 Å². The fraction of sp³-hybridized carbons (Fsp3) is 0.0909. The summed E-state index contributed by atoms with van der Waals surface area (Å²) >= 11 is 0. The molecule has 0 fully saturated rings. The lowest BCUT2D eigenvalue weighted by Crippen LogP contribution is -2.40. The molecular formula is C44H34N2. The van der Waals surface area contributed by atoms with Gasteiger partial charge in [-0.05, 0) is 91.0 Å². The first-order valence-corrected chi connectivity index (χ1v) is 15.9. The zero-order chi connectivity index (χ0) is 31.5. The fourth-order valence-electron chi connectivity index (χ4n) is 7.87. The Morgan fingerprint density at radius 1 is 0.435 bits per heavy atom. The Kier molecular flexibility index (Phi) is 6.37. The molecule has 2 N–H and O–H groups in total. The number of nitrogens with one attached hydrogen (secondary N) is 2. The third-order valence-corrected chi connectivity index (χ3v) is 10.1. The van der Waals surface area contributed by atoms with Gasteiger partial charge >= 0.3 is 0 Å². The predicted molar refractivity (Wildman–Crippen MR) is 191 cm³/mol. The molecule has 6 aromatic rings. The van der Waals surface area contributed by atoms with Crippen molar-refractivity contribution < 1.29 is 0 Å². The van der Waals surface area contributed by atoms with Crippen LogP contribution in [0.3, 0.4) is 0 Å². The van der Waals surface area contributed by atoms with E-state index >= 15 is 0 Å². The van der Waals surface area contributed by atoms with Crippen molar-refractivity contribution in [3.8, 4) is 22.3 Å². The van der Waals surface area contributed by atoms with Gasteiger partial charge in [-0.2, -0.15) is 0 Å². The minimum Gasteiger partial charge on any atom is -0.300 e. The predicted octanol–water partition coefficient (Wildman–Crippen LogP) is 10.3. The summed E-state index contributed by atoms with van der Waals surface area (Å²) in [6, 6.07) is 51.8. The Labute approximate surface area is 270 Å². The van der Waals surface area contributed by atoms with Crippen LogP contribution in [0, 0.1) is 10.8 Å². The average Bonchev–Trinajstić information content (AvgIpc) is 3.41. The molecule has 2 heteroatoms. The summed E-state index contributed by atoms with van der Waals surface area (Å²) in [5.74, 6) is 0. The number of hydrogen-bond donors (Lipinski definition) is 2. The van der Waals surface area contributed by atoms with E-state index in [4.69, 9.17) is 10.8 Å². The molecule has 0 radical (unpaired) electrons. The second-order valence-electron chi connectivity index (χ2n) is 12.9. The monoisotopic (exact) mass is 590 g/mol. The van der Waals surface area contributed by atoms with Crippen LogP contribution in [-0.2, 0) is 10.8 Å². The Morgan fingerprint density at radius 3 is 1.61 bits per heavy atom. The van der Waals surface area contributed by atoms with Gasteiger partial charge in [0.25, 0.3) is 0 Å². The van der Waals surface area contributed by atoms with Crippen LogP contribution < -0.4 is 0 Å². The molecular weight excluding hydrogens is 556 g/mol. The molecule has 46 heavy (non-hydrogen) atoms. The molecule has 8 rings (SSSR count). The molecule has 2 aliphatic rings. The van der Waals surface area contributed by atoms with Crippen molar-refractivity contribution in [3.05, 3.63) is 202 Å². The normalized spacial score (nSPS) is 14.7. The molecule has 0 amide bonds. The zero-order valence-corrected chi connectivity index (χ0v) is 26.0. The molecule has 1 spiro atoms. The van der Waals surface area contributed by atoms with E-state index in [9.17, 15) is 0 Å². The van der Waals surface area contributed by atoms with E-state index < -0.39 is 5.41 Å². The smallest absolute Gasteiger partial charge is 0.0719 e. The summed E-state index contributed by atoms with van der Waals surface area (Å²) in [5, 5.41) is 17.2. The standard InChI is InChI=1S/C44H34N2/c1-43(2)37-21-10-11-22-38(37)44(35-19-8-6-17-33(35)34-18-7-9-20-36(34)44)39-24-23-31(28-40(39)43)30-15-12-16-32(27-30)42(46)26-25-41(45)29-13-4-3-5-14-29/h3-28,45-46H,1-2H3/b26-25-,45-41?,46-42?. The number of allylic oxidation sites excluding steroid dienone is 2. The third-order valence-electron chi connectivity index (χ3n) is 10.1. The lowest BCUT2D eigenvalue weighted by atomic mass is 9.55. The highest BCUT2D eigenvalue weighted by Gasteiger charge is 2.53. The Bertz CT molecular complexity index is 2170. The van der Waals surface area contributed by atoms with Gasteiger partial charge in [0, 0.05) is 5.41 Å². The highest BCUT2D eigenvalue weighted by molar-refractivity contribution is 6.14. The van der Waals surface area contributed by atoms with Crippen LogP contribution in [0.2, 0.25) is 0 Å². The van der Waals surface area contributed by atoms with Crippen LogP contribution >= 0.6 is 0 Å². The second kappa shape index (κ2) is 10.5. The summed E-state index contributed by atoms with van der Waals surface area (Å²) in [6.45, 7) is 4.71. The average molecular weight is 591 g/mol. The SMILES string of the molecule is CC1(C)c2ccccc2C2(c3ccccc3-c3ccccc32)c2ccc(-c3cccc(C(=N)/C=C\C(=N)c4ccccc4)c3)cc21. The summed E-state index contributed by atoms with van der Waals surface area (Å²) in [4.78, 5) is 0. The molecule has 0 bridgehead atoms. The number of rotatable bonds is 5. The van der Waals surface area contributed by atoms with E-state index in [-0.39, 0.29) is 5.41 Å². The van der Waals surface area contributed by atoms with Crippen molar-refractivity contribution in [2.75, 3.05) is 0 Å². The van der Waals surface area contributed by atoms with Crippen molar-refractivity contribution in [3.63, 3.8) is 0 Å². The quantitative estimate of drug-likeness (QED) is 0.187. The van der Waals surface area contributed by atoms with E-state index in [2.05, 4.69) is 117 Å². The summed E-state index contributed by atoms with van der Waals surface area (Å²) in [6.07, 6.45) is 3.43.